The van der Waals surface area contributed by atoms with Crippen molar-refractivity contribution in [3.05, 3.63) is 0 Å². The van der Waals surface area contributed by atoms with Gasteiger partial charge in [0.1, 0.15) is 0 Å². The molecule has 0 saturated carbocycles. The van der Waals surface area contributed by atoms with Gasteiger partial charge in [-0.05, 0) is 12.3 Å². The first-order chi connectivity index (χ1) is 4.18. The lowest BCUT2D eigenvalue weighted by atomic mass is 9.99. The van der Waals surface area contributed by atoms with Gasteiger partial charge in [0.2, 0.25) is 0 Å². The van der Waals surface area contributed by atoms with E-state index in [-0.39, 0.29) is 6.10 Å². The summed E-state index contributed by atoms with van der Waals surface area (Å²) in [5, 5.41) is 10.8. The van der Waals surface area contributed by atoms with Gasteiger partial charge in [-0.25, -0.2) is 5.01 Å². The molecular weight excluding hydrogens is 116 g/mol. The molecule has 3 nitrogen and oxygen atoms in total. The molecule has 3 N–H and O–H groups in total. The van der Waals surface area contributed by atoms with Crippen LogP contribution in [-0.4, -0.2) is 29.3 Å². The van der Waals surface area contributed by atoms with E-state index in [1.165, 1.54) is 0 Å². The van der Waals surface area contributed by atoms with Crippen LogP contribution in [0.5, 0.6) is 0 Å². The fraction of sp³-hybridized carbons (Fsp3) is 1.00. The molecule has 2 atom stereocenters. The van der Waals surface area contributed by atoms with Crippen LogP contribution in [0.3, 0.4) is 0 Å². The summed E-state index contributed by atoms with van der Waals surface area (Å²) in [5.41, 5.74) is 0. The fourth-order valence-corrected chi connectivity index (χ4v) is 1.36. The van der Waals surface area contributed by atoms with Crippen LogP contribution >= 0.6 is 0 Å². The first-order valence-corrected chi connectivity index (χ1v) is 3.36. The molecule has 1 saturated heterocycles. The number of hydrazine groups is 1. The van der Waals surface area contributed by atoms with Crippen molar-refractivity contribution in [2.45, 2.75) is 19.4 Å². The molecule has 1 rings (SSSR count). The summed E-state index contributed by atoms with van der Waals surface area (Å²) in [6.45, 7) is 3.64. The Balaban J connectivity index is 2.34. The number of hydrogen-bond acceptors (Lipinski definition) is 3. The van der Waals surface area contributed by atoms with Gasteiger partial charge in [0.05, 0.1) is 6.10 Å². The number of piperidine rings is 1. The summed E-state index contributed by atoms with van der Waals surface area (Å²) in [6.07, 6.45) is 0.687. The normalized spacial score (nSPS) is 39.0. The molecule has 1 aliphatic rings. The van der Waals surface area contributed by atoms with E-state index in [2.05, 4.69) is 6.92 Å². The Hall–Kier alpha value is -0.120. The average molecular weight is 130 g/mol. The van der Waals surface area contributed by atoms with Crippen LogP contribution in [-0.2, 0) is 0 Å². The first kappa shape index (κ1) is 6.99. The van der Waals surface area contributed by atoms with Crippen molar-refractivity contribution in [2.75, 3.05) is 13.1 Å². The molecule has 54 valence electrons. The van der Waals surface area contributed by atoms with E-state index in [1.54, 1.807) is 5.01 Å². The van der Waals surface area contributed by atoms with Crippen molar-refractivity contribution in [3.63, 3.8) is 0 Å². The summed E-state index contributed by atoms with van der Waals surface area (Å²) in [4.78, 5) is 0. The minimum Gasteiger partial charge on any atom is -0.392 e. The Morgan fingerprint density at radius 2 is 2.22 bits per heavy atom. The quantitative estimate of drug-likeness (QED) is 0.437. The highest BCUT2D eigenvalue weighted by Gasteiger charge is 2.20. The Bertz CT molecular complexity index is 72.0. The molecular formula is C6H14N2O. The SMILES string of the molecule is C[C@@H]1C[C@@H](O)CN(N)C1. The van der Waals surface area contributed by atoms with Crippen molar-refractivity contribution in [1.29, 1.82) is 0 Å². The topological polar surface area (TPSA) is 49.5 Å². The molecule has 0 aromatic carbocycles. The summed E-state index contributed by atoms with van der Waals surface area (Å²) in [6, 6.07) is 0. The van der Waals surface area contributed by atoms with Crippen LogP contribution in [0.15, 0.2) is 0 Å². The van der Waals surface area contributed by atoms with Crippen molar-refractivity contribution in [3.8, 4) is 0 Å². The van der Waals surface area contributed by atoms with Crippen molar-refractivity contribution in [1.82, 2.24) is 5.01 Å². The third-order valence-electron chi connectivity index (χ3n) is 1.67. The highest BCUT2D eigenvalue weighted by atomic mass is 16.3. The van der Waals surface area contributed by atoms with Gasteiger partial charge in [-0.15, -0.1) is 0 Å². The average Bonchev–Trinajstić information content (AvgIpc) is 1.59. The molecule has 0 amide bonds. The Morgan fingerprint density at radius 1 is 1.56 bits per heavy atom. The Labute approximate surface area is 55.4 Å². The van der Waals surface area contributed by atoms with E-state index < -0.39 is 0 Å². The Morgan fingerprint density at radius 3 is 2.67 bits per heavy atom. The first-order valence-electron chi connectivity index (χ1n) is 3.36. The minimum absolute atomic E-state index is 0.209. The van der Waals surface area contributed by atoms with E-state index in [0.717, 1.165) is 13.0 Å². The zero-order chi connectivity index (χ0) is 6.85. The Kier molecular flexibility index (Phi) is 2.05. The van der Waals surface area contributed by atoms with Crippen LogP contribution < -0.4 is 5.84 Å². The van der Waals surface area contributed by atoms with E-state index >= 15 is 0 Å². The van der Waals surface area contributed by atoms with E-state index in [0.29, 0.717) is 12.5 Å². The highest BCUT2D eigenvalue weighted by molar-refractivity contribution is 4.72. The molecule has 0 spiro atoms. The van der Waals surface area contributed by atoms with Crippen molar-refractivity contribution < 1.29 is 5.11 Å². The lowest BCUT2D eigenvalue weighted by Crippen LogP contribution is -2.46. The van der Waals surface area contributed by atoms with Crippen LogP contribution in [0.2, 0.25) is 0 Å². The maximum absolute atomic E-state index is 9.13. The second-order valence-electron chi connectivity index (χ2n) is 2.95. The standard InChI is InChI=1S/C6H14N2O/c1-5-2-6(9)4-8(7)3-5/h5-6,9H,2-4,7H2,1H3/t5-,6-/m1/s1. The second-order valence-corrected chi connectivity index (χ2v) is 2.95. The van der Waals surface area contributed by atoms with Gasteiger partial charge in [0, 0.05) is 13.1 Å². The highest BCUT2D eigenvalue weighted by Crippen LogP contribution is 2.12. The molecule has 0 unspecified atom stereocenters. The maximum Gasteiger partial charge on any atom is 0.0684 e. The van der Waals surface area contributed by atoms with Crippen molar-refractivity contribution >= 4 is 0 Å². The number of β-amino-alcohol motifs (C(OH)–C–C–N with tert-alkyl or cyclic N) is 1. The largest absolute Gasteiger partial charge is 0.392 e. The molecule has 0 radical (unpaired) electrons. The molecule has 0 aromatic rings. The zero-order valence-electron chi connectivity index (χ0n) is 5.75. The lowest BCUT2D eigenvalue weighted by Gasteiger charge is -2.30. The summed E-state index contributed by atoms with van der Waals surface area (Å²) < 4.78 is 0. The molecule has 1 fully saturated rings. The van der Waals surface area contributed by atoms with Crippen LogP contribution in [0, 0.1) is 5.92 Å². The van der Waals surface area contributed by atoms with Gasteiger partial charge in [-0.1, -0.05) is 6.92 Å². The number of aliphatic hydroxyl groups excluding tert-OH is 1. The van der Waals surface area contributed by atoms with Crippen molar-refractivity contribution in [2.24, 2.45) is 11.8 Å². The summed E-state index contributed by atoms with van der Waals surface area (Å²) in [5.74, 6) is 6.03. The molecule has 0 aliphatic carbocycles. The summed E-state index contributed by atoms with van der Waals surface area (Å²) >= 11 is 0. The minimum atomic E-state index is -0.209. The van der Waals surface area contributed by atoms with Crippen LogP contribution in [0.25, 0.3) is 0 Å². The number of hydrogen-bond donors (Lipinski definition) is 2. The number of aliphatic hydroxyl groups is 1. The molecule has 3 heteroatoms. The van der Waals surface area contributed by atoms with E-state index in [4.69, 9.17) is 10.9 Å². The smallest absolute Gasteiger partial charge is 0.0684 e. The maximum atomic E-state index is 9.13. The van der Waals surface area contributed by atoms with Gasteiger partial charge in [0.25, 0.3) is 0 Å². The van der Waals surface area contributed by atoms with Gasteiger partial charge in [0.15, 0.2) is 0 Å². The third kappa shape index (κ3) is 1.93. The number of nitrogens with two attached hydrogens (primary N) is 1. The lowest BCUT2D eigenvalue weighted by molar-refractivity contribution is 0.0448. The van der Waals surface area contributed by atoms with Crippen LogP contribution in [0.4, 0.5) is 0 Å². The van der Waals surface area contributed by atoms with E-state index in [1.807, 2.05) is 0 Å². The number of rotatable bonds is 0. The second kappa shape index (κ2) is 2.64. The summed E-state index contributed by atoms with van der Waals surface area (Å²) in [7, 11) is 0. The predicted octanol–water partition coefficient (Wildman–Crippen LogP) is -0.437. The zero-order valence-corrected chi connectivity index (χ0v) is 5.75. The van der Waals surface area contributed by atoms with Gasteiger partial charge in [-0.2, -0.15) is 0 Å². The van der Waals surface area contributed by atoms with Gasteiger partial charge >= 0.3 is 0 Å². The van der Waals surface area contributed by atoms with E-state index in [9.17, 15) is 0 Å². The number of nitrogens with zero attached hydrogens (tertiary/aromatic N) is 1. The predicted molar refractivity (Wildman–Crippen MR) is 35.5 cm³/mol. The molecule has 1 aliphatic heterocycles. The van der Waals surface area contributed by atoms with Gasteiger partial charge in [-0.3, -0.25) is 5.84 Å². The molecule has 0 aromatic heterocycles. The molecule has 9 heavy (non-hydrogen) atoms. The molecule has 0 bridgehead atoms. The third-order valence-corrected chi connectivity index (χ3v) is 1.67. The monoisotopic (exact) mass is 130 g/mol. The van der Waals surface area contributed by atoms with Crippen LogP contribution in [0.1, 0.15) is 13.3 Å². The molecule has 1 heterocycles. The van der Waals surface area contributed by atoms with Gasteiger partial charge < -0.3 is 5.11 Å². The fourth-order valence-electron chi connectivity index (χ4n) is 1.36.